The van der Waals surface area contributed by atoms with Crippen LogP contribution in [0.25, 0.3) is 0 Å². The average molecular weight is 299 g/mol. The van der Waals surface area contributed by atoms with Crippen LogP contribution in [0.1, 0.15) is 98.8 Å². The van der Waals surface area contributed by atoms with Crippen LogP contribution >= 0.6 is 0 Å². The van der Waals surface area contributed by atoms with Crippen molar-refractivity contribution in [2.24, 2.45) is 11.3 Å². The van der Waals surface area contributed by atoms with E-state index in [-0.39, 0.29) is 11.4 Å². The van der Waals surface area contributed by atoms with Gasteiger partial charge in [0.05, 0.1) is 12.0 Å². The van der Waals surface area contributed by atoms with Crippen LogP contribution in [0.5, 0.6) is 0 Å². The number of hydrogen-bond acceptors (Lipinski definition) is 2. The maximum atomic E-state index is 12.3. The van der Waals surface area contributed by atoms with Crippen molar-refractivity contribution in [1.29, 1.82) is 0 Å². The summed E-state index contributed by atoms with van der Waals surface area (Å²) in [7, 11) is 0. The minimum atomic E-state index is -0.275. The normalized spacial score (nSPS) is 15.5. The van der Waals surface area contributed by atoms with Crippen LogP contribution in [0.3, 0.4) is 0 Å². The van der Waals surface area contributed by atoms with E-state index in [9.17, 15) is 4.79 Å². The second-order valence-electron chi connectivity index (χ2n) is 6.90. The van der Waals surface area contributed by atoms with Gasteiger partial charge in [0, 0.05) is 0 Å². The summed E-state index contributed by atoms with van der Waals surface area (Å²) in [5, 5.41) is 0. The first-order valence-corrected chi connectivity index (χ1v) is 9.17. The molecule has 0 spiro atoms. The Balaban J connectivity index is 3.93. The van der Waals surface area contributed by atoms with E-state index < -0.39 is 0 Å². The summed E-state index contributed by atoms with van der Waals surface area (Å²) in [6.45, 7) is 11.5. The molecule has 0 radical (unpaired) electrons. The van der Waals surface area contributed by atoms with Gasteiger partial charge < -0.3 is 4.74 Å². The third kappa shape index (κ3) is 9.16. The number of ether oxygens (including phenoxy) is 1. The minimum Gasteiger partial charge on any atom is -0.465 e. The molecule has 2 unspecified atom stereocenters. The molecule has 21 heavy (non-hydrogen) atoms. The Kier molecular flexibility index (Phi) is 11.8. The Labute approximate surface area is 133 Å². The zero-order chi connectivity index (χ0) is 16.1. The molecule has 0 aromatic heterocycles. The van der Waals surface area contributed by atoms with Crippen molar-refractivity contribution >= 4 is 5.97 Å². The third-order valence-corrected chi connectivity index (χ3v) is 4.73. The number of carbonyl (C=O) groups is 1. The molecule has 2 nitrogen and oxygen atoms in total. The lowest BCUT2D eigenvalue weighted by atomic mass is 9.82. The van der Waals surface area contributed by atoms with Gasteiger partial charge in [-0.15, -0.1) is 0 Å². The first-order chi connectivity index (χ1) is 10.00. The van der Waals surface area contributed by atoms with Crippen LogP contribution in [0.4, 0.5) is 0 Å². The van der Waals surface area contributed by atoms with Crippen LogP contribution in [-0.4, -0.2) is 12.6 Å². The first-order valence-electron chi connectivity index (χ1n) is 9.17. The lowest BCUT2D eigenvalue weighted by Gasteiger charge is -2.26. The molecule has 0 N–H and O–H groups in total. The van der Waals surface area contributed by atoms with E-state index in [1.807, 2.05) is 0 Å². The Morgan fingerprint density at radius 1 is 1.00 bits per heavy atom. The largest absolute Gasteiger partial charge is 0.465 e. The molecule has 0 aliphatic heterocycles. The Bertz CT molecular complexity index is 262. The zero-order valence-electron chi connectivity index (χ0n) is 15.2. The molecule has 0 fully saturated rings. The van der Waals surface area contributed by atoms with E-state index in [4.69, 9.17) is 4.74 Å². The van der Waals surface area contributed by atoms with Crippen LogP contribution in [0, 0.1) is 11.3 Å². The van der Waals surface area contributed by atoms with Crippen molar-refractivity contribution in [3.8, 4) is 0 Å². The average Bonchev–Trinajstić information content (AvgIpc) is 2.49. The number of hydrogen-bond donors (Lipinski definition) is 0. The molecule has 0 aromatic carbocycles. The van der Waals surface area contributed by atoms with E-state index in [0.29, 0.717) is 6.61 Å². The number of rotatable bonds is 13. The van der Waals surface area contributed by atoms with Gasteiger partial charge in [-0.25, -0.2) is 0 Å². The van der Waals surface area contributed by atoms with Crippen molar-refractivity contribution < 1.29 is 9.53 Å². The molecule has 0 saturated carbocycles. The topological polar surface area (TPSA) is 26.3 Å². The molecule has 2 heteroatoms. The predicted octanol–water partition coefficient (Wildman–Crippen LogP) is 6.13. The van der Waals surface area contributed by atoms with E-state index in [1.54, 1.807) is 0 Å². The Hall–Kier alpha value is -0.530. The second kappa shape index (κ2) is 12.1. The summed E-state index contributed by atoms with van der Waals surface area (Å²) >= 11 is 0. The van der Waals surface area contributed by atoms with E-state index in [2.05, 4.69) is 34.6 Å². The highest BCUT2D eigenvalue weighted by molar-refractivity contribution is 5.76. The first kappa shape index (κ1) is 20.5. The maximum Gasteiger partial charge on any atom is 0.311 e. The highest BCUT2D eigenvalue weighted by Crippen LogP contribution is 2.30. The number of unbranched alkanes of at least 4 members (excludes halogenated alkanes) is 3. The lowest BCUT2D eigenvalue weighted by molar-refractivity contribution is -0.156. The fraction of sp³-hybridized carbons (Fsp3) is 0.947. The maximum absolute atomic E-state index is 12.3. The number of esters is 1. The summed E-state index contributed by atoms with van der Waals surface area (Å²) < 4.78 is 5.54. The molecule has 0 amide bonds. The standard InChI is InChI=1S/C19H38O2/c1-6-9-11-15-19(5,8-3)18(20)21-16-12-14-17(4)13-10-7-2/h17H,6-16H2,1-5H3. The fourth-order valence-corrected chi connectivity index (χ4v) is 2.66. The van der Waals surface area contributed by atoms with Gasteiger partial charge in [0.25, 0.3) is 0 Å². The molecule has 0 aliphatic rings. The second-order valence-corrected chi connectivity index (χ2v) is 6.90. The summed E-state index contributed by atoms with van der Waals surface area (Å²) in [6, 6.07) is 0. The van der Waals surface area contributed by atoms with Gasteiger partial charge in [-0.05, 0) is 38.5 Å². The zero-order valence-corrected chi connectivity index (χ0v) is 15.2. The monoisotopic (exact) mass is 298 g/mol. The molecule has 0 aliphatic carbocycles. The molecule has 0 bridgehead atoms. The smallest absolute Gasteiger partial charge is 0.311 e. The third-order valence-electron chi connectivity index (χ3n) is 4.73. The van der Waals surface area contributed by atoms with E-state index >= 15 is 0 Å². The van der Waals surface area contributed by atoms with Crippen LogP contribution in [0.2, 0.25) is 0 Å². The summed E-state index contributed by atoms with van der Waals surface area (Å²) in [5.41, 5.74) is -0.275. The van der Waals surface area contributed by atoms with Gasteiger partial charge in [-0.2, -0.15) is 0 Å². The highest BCUT2D eigenvalue weighted by atomic mass is 16.5. The molecule has 0 saturated heterocycles. The molecular weight excluding hydrogens is 260 g/mol. The van der Waals surface area contributed by atoms with Gasteiger partial charge in [-0.1, -0.05) is 66.2 Å². The highest BCUT2D eigenvalue weighted by Gasteiger charge is 2.32. The molecule has 0 heterocycles. The SMILES string of the molecule is CCCCCC(C)(CC)C(=O)OCCCC(C)CCCC. The summed E-state index contributed by atoms with van der Waals surface area (Å²) in [5.74, 6) is 0.771. The van der Waals surface area contributed by atoms with Gasteiger partial charge in [0.2, 0.25) is 0 Å². The van der Waals surface area contributed by atoms with E-state index in [1.165, 1.54) is 38.5 Å². The molecular formula is C19H38O2. The van der Waals surface area contributed by atoms with Crippen LogP contribution in [-0.2, 0) is 9.53 Å². The van der Waals surface area contributed by atoms with Crippen molar-refractivity contribution in [3.05, 3.63) is 0 Å². The molecule has 2 atom stereocenters. The Morgan fingerprint density at radius 3 is 2.19 bits per heavy atom. The summed E-state index contributed by atoms with van der Waals surface area (Å²) in [4.78, 5) is 12.3. The van der Waals surface area contributed by atoms with E-state index in [0.717, 1.165) is 31.6 Å². The molecule has 0 rings (SSSR count). The number of carbonyl (C=O) groups excluding carboxylic acids is 1. The predicted molar refractivity (Wildman–Crippen MR) is 91.4 cm³/mol. The van der Waals surface area contributed by atoms with Gasteiger partial charge >= 0.3 is 5.97 Å². The molecule has 0 aromatic rings. The van der Waals surface area contributed by atoms with Gasteiger partial charge in [0.1, 0.15) is 0 Å². The van der Waals surface area contributed by atoms with Crippen LogP contribution in [0.15, 0.2) is 0 Å². The van der Waals surface area contributed by atoms with Crippen molar-refractivity contribution in [3.63, 3.8) is 0 Å². The van der Waals surface area contributed by atoms with Crippen molar-refractivity contribution in [2.45, 2.75) is 98.8 Å². The van der Waals surface area contributed by atoms with Crippen LogP contribution < -0.4 is 0 Å². The van der Waals surface area contributed by atoms with Crippen molar-refractivity contribution in [1.82, 2.24) is 0 Å². The molecule has 126 valence electrons. The summed E-state index contributed by atoms with van der Waals surface area (Å²) in [6.07, 6.45) is 11.4. The lowest BCUT2D eigenvalue weighted by Crippen LogP contribution is -2.29. The Morgan fingerprint density at radius 2 is 1.62 bits per heavy atom. The van der Waals surface area contributed by atoms with Gasteiger partial charge in [-0.3, -0.25) is 4.79 Å². The fourth-order valence-electron chi connectivity index (χ4n) is 2.66. The van der Waals surface area contributed by atoms with Crippen molar-refractivity contribution in [2.75, 3.05) is 6.61 Å². The van der Waals surface area contributed by atoms with Gasteiger partial charge in [0.15, 0.2) is 0 Å². The quantitative estimate of drug-likeness (QED) is 0.302. The minimum absolute atomic E-state index is 0.0160.